The van der Waals surface area contributed by atoms with Crippen molar-refractivity contribution in [2.45, 2.75) is 13.3 Å². The first-order valence-electron chi connectivity index (χ1n) is 9.38. The van der Waals surface area contributed by atoms with E-state index in [4.69, 9.17) is 5.10 Å². The second-order valence-electron chi connectivity index (χ2n) is 7.05. The van der Waals surface area contributed by atoms with Gasteiger partial charge in [-0.15, -0.1) is 0 Å². The highest BCUT2D eigenvalue weighted by atomic mass is 15.3. The molecule has 0 atom stereocenters. The Hall–Kier alpha value is -3.33. The lowest BCUT2D eigenvalue weighted by Gasteiger charge is -2.07. The molecular formula is C24H21N3. The van der Waals surface area contributed by atoms with Crippen LogP contribution in [-0.2, 0) is 6.42 Å². The fourth-order valence-electron chi connectivity index (χ4n) is 3.80. The molecule has 2 heterocycles. The van der Waals surface area contributed by atoms with Crippen molar-refractivity contribution in [2.24, 2.45) is 0 Å². The Morgan fingerprint density at radius 2 is 1.56 bits per heavy atom. The minimum Gasteiger partial charge on any atom is -0.369 e. The Morgan fingerprint density at radius 1 is 0.815 bits per heavy atom. The number of anilines is 1. The van der Waals surface area contributed by atoms with Crippen molar-refractivity contribution in [3.63, 3.8) is 0 Å². The van der Waals surface area contributed by atoms with E-state index in [0.29, 0.717) is 0 Å². The molecule has 3 nitrogen and oxygen atoms in total. The Labute approximate surface area is 159 Å². The molecule has 0 spiro atoms. The largest absolute Gasteiger partial charge is 0.369 e. The number of hydrogen-bond acceptors (Lipinski definition) is 2. The van der Waals surface area contributed by atoms with E-state index < -0.39 is 0 Å². The van der Waals surface area contributed by atoms with Crippen LogP contribution in [0.25, 0.3) is 28.1 Å². The van der Waals surface area contributed by atoms with E-state index in [1.54, 1.807) is 0 Å². The SMILES string of the molecule is Cc1cccc(-n2nc(-c3ccc(-c4ccccc4)cc3)c3c2NCC3)c1. The molecule has 0 radical (unpaired) electrons. The summed E-state index contributed by atoms with van der Waals surface area (Å²) < 4.78 is 2.05. The third-order valence-electron chi connectivity index (χ3n) is 5.16. The smallest absolute Gasteiger partial charge is 0.133 e. The quantitative estimate of drug-likeness (QED) is 0.529. The van der Waals surface area contributed by atoms with E-state index in [-0.39, 0.29) is 0 Å². The molecule has 1 aliphatic rings. The van der Waals surface area contributed by atoms with Gasteiger partial charge in [0.15, 0.2) is 0 Å². The summed E-state index contributed by atoms with van der Waals surface area (Å²) >= 11 is 0. The first-order valence-corrected chi connectivity index (χ1v) is 9.38. The second kappa shape index (κ2) is 6.44. The van der Waals surface area contributed by atoms with Crippen molar-refractivity contribution < 1.29 is 0 Å². The molecule has 3 aromatic carbocycles. The van der Waals surface area contributed by atoms with Crippen molar-refractivity contribution in [1.29, 1.82) is 0 Å². The summed E-state index contributed by atoms with van der Waals surface area (Å²) in [6.45, 7) is 3.08. The van der Waals surface area contributed by atoms with Gasteiger partial charge >= 0.3 is 0 Å². The zero-order valence-corrected chi connectivity index (χ0v) is 15.3. The number of rotatable bonds is 3. The fourth-order valence-corrected chi connectivity index (χ4v) is 3.80. The van der Waals surface area contributed by atoms with E-state index in [0.717, 1.165) is 30.2 Å². The zero-order chi connectivity index (χ0) is 18.2. The van der Waals surface area contributed by atoms with Crippen molar-refractivity contribution in [3.05, 3.63) is 90.0 Å². The van der Waals surface area contributed by atoms with E-state index in [9.17, 15) is 0 Å². The Balaban J connectivity index is 1.57. The normalized spacial score (nSPS) is 12.6. The number of benzene rings is 3. The number of fused-ring (bicyclic) bond motifs is 1. The monoisotopic (exact) mass is 351 g/mol. The highest BCUT2D eigenvalue weighted by Crippen LogP contribution is 2.35. The van der Waals surface area contributed by atoms with Crippen LogP contribution in [0, 0.1) is 6.92 Å². The summed E-state index contributed by atoms with van der Waals surface area (Å²) in [5, 5.41) is 8.48. The number of aryl methyl sites for hydroxylation is 1. The van der Waals surface area contributed by atoms with Gasteiger partial charge in [0.25, 0.3) is 0 Å². The van der Waals surface area contributed by atoms with Crippen LogP contribution >= 0.6 is 0 Å². The van der Waals surface area contributed by atoms with E-state index in [1.807, 2.05) is 6.07 Å². The van der Waals surface area contributed by atoms with E-state index in [1.165, 1.54) is 27.8 Å². The number of aromatic nitrogens is 2. The molecule has 0 fully saturated rings. The third kappa shape index (κ3) is 2.81. The van der Waals surface area contributed by atoms with Crippen LogP contribution in [0.1, 0.15) is 11.1 Å². The highest BCUT2D eigenvalue weighted by molar-refractivity contribution is 5.75. The van der Waals surface area contributed by atoms with Gasteiger partial charge in [-0.2, -0.15) is 5.10 Å². The average molecular weight is 351 g/mol. The highest BCUT2D eigenvalue weighted by Gasteiger charge is 2.23. The maximum absolute atomic E-state index is 4.97. The van der Waals surface area contributed by atoms with Gasteiger partial charge in [0, 0.05) is 17.7 Å². The van der Waals surface area contributed by atoms with Gasteiger partial charge in [-0.05, 0) is 42.2 Å². The molecule has 132 valence electrons. The van der Waals surface area contributed by atoms with Gasteiger partial charge in [-0.25, -0.2) is 4.68 Å². The second-order valence-corrected chi connectivity index (χ2v) is 7.05. The van der Waals surface area contributed by atoms with E-state index >= 15 is 0 Å². The summed E-state index contributed by atoms with van der Waals surface area (Å²) in [5.41, 5.74) is 8.37. The molecule has 0 saturated heterocycles. The lowest BCUT2D eigenvalue weighted by atomic mass is 10.0. The van der Waals surface area contributed by atoms with Crippen LogP contribution < -0.4 is 5.32 Å². The van der Waals surface area contributed by atoms with Crippen molar-refractivity contribution in [3.8, 4) is 28.1 Å². The fraction of sp³-hybridized carbons (Fsp3) is 0.125. The summed E-state index contributed by atoms with van der Waals surface area (Å²) in [6.07, 6.45) is 1.01. The third-order valence-corrected chi connectivity index (χ3v) is 5.16. The maximum atomic E-state index is 4.97. The Bertz CT molecular complexity index is 1090. The first-order chi connectivity index (χ1) is 13.3. The van der Waals surface area contributed by atoms with Crippen LogP contribution in [0.15, 0.2) is 78.9 Å². The molecule has 4 aromatic rings. The summed E-state index contributed by atoms with van der Waals surface area (Å²) in [4.78, 5) is 0. The molecule has 1 aliphatic heterocycles. The summed E-state index contributed by atoms with van der Waals surface area (Å²) in [7, 11) is 0. The lowest BCUT2D eigenvalue weighted by molar-refractivity contribution is 0.881. The number of nitrogens with zero attached hydrogens (tertiary/aromatic N) is 2. The van der Waals surface area contributed by atoms with Crippen molar-refractivity contribution in [1.82, 2.24) is 9.78 Å². The first kappa shape index (κ1) is 15.9. The van der Waals surface area contributed by atoms with Crippen LogP contribution in [0.5, 0.6) is 0 Å². The number of hydrogen-bond donors (Lipinski definition) is 1. The molecule has 0 unspecified atom stereocenters. The molecule has 0 aliphatic carbocycles. The van der Waals surface area contributed by atoms with Gasteiger partial charge in [0.05, 0.1) is 11.4 Å². The molecule has 0 saturated carbocycles. The lowest BCUT2D eigenvalue weighted by Crippen LogP contribution is -2.04. The van der Waals surface area contributed by atoms with Gasteiger partial charge in [0.1, 0.15) is 5.82 Å². The van der Waals surface area contributed by atoms with Crippen LogP contribution in [0.2, 0.25) is 0 Å². The van der Waals surface area contributed by atoms with Crippen molar-refractivity contribution >= 4 is 5.82 Å². The predicted molar refractivity (Wildman–Crippen MR) is 111 cm³/mol. The molecule has 27 heavy (non-hydrogen) atoms. The molecular weight excluding hydrogens is 330 g/mol. The maximum Gasteiger partial charge on any atom is 0.133 e. The minimum atomic E-state index is 0.966. The van der Waals surface area contributed by atoms with Gasteiger partial charge in [-0.3, -0.25) is 0 Å². The molecule has 0 bridgehead atoms. The van der Waals surface area contributed by atoms with Gasteiger partial charge < -0.3 is 5.32 Å². The minimum absolute atomic E-state index is 0.966. The van der Waals surface area contributed by atoms with Gasteiger partial charge in [-0.1, -0.05) is 66.7 Å². The van der Waals surface area contributed by atoms with Crippen LogP contribution in [-0.4, -0.2) is 16.3 Å². The van der Waals surface area contributed by atoms with E-state index in [2.05, 4.69) is 89.7 Å². The Kier molecular flexibility index (Phi) is 3.79. The molecule has 1 aromatic heterocycles. The van der Waals surface area contributed by atoms with Crippen molar-refractivity contribution in [2.75, 3.05) is 11.9 Å². The molecule has 5 rings (SSSR count). The predicted octanol–water partition coefficient (Wildman–Crippen LogP) is 5.48. The summed E-state index contributed by atoms with van der Waals surface area (Å²) in [5.74, 6) is 1.13. The Morgan fingerprint density at radius 3 is 2.33 bits per heavy atom. The van der Waals surface area contributed by atoms with Crippen LogP contribution in [0.4, 0.5) is 5.82 Å². The standard InChI is InChI=1S/C24H21N3/c1-17-6-5-9-21(16-17)27-24-22(14-15-25-24)23(26-27)20-12-10-19(11-13-20)18-7-3-2-4-8-18/h2-13,16,25H,14-15H2,1H3. The van der Waals surface area contributed by atoms with Crippen LogP contribution in [0.3, 0.4) is 0 Å². The summed E-state index contributed by atoms with van der Waals surface area (Å²) in [6, 6.07) is 27.7. The molecule has 0 amide bonds. The molecule has 3 heteroatoms. The topological polar surface area (TPSA) is 29.9 Å². The zero-order valence-electron chi connectivity index (χ0n) is 15.3. The van der Waals surface area contributed by atoms with Gasteiger partial charge in [0.2, 0.25) is 0 Å². The number of nitrogens with one attached hydrogen (secondary N) is 1. The average Bonchev–Trinajstić information content (AvgIpc) is 3.32. The molecule has 1 N–H and O–H groups in total.